The molecule has 0 unspecified atom stereocenters. The summed E-state index contributed by atoms with van der Waals surface area (Å²) in [5.41, 5.74) is -1.31. The number of hydrogen-bond donors (Lipinski definition) is 2. The molecule has 2 aliphatic heterocycles. The minimum absolute atomic E-state index is 0.00832. The van der Waals surface area contributed by atoms with Crippen molar-refractivity contribution in [1.29, 1.82) is 5.26 Å². The van der Waals surface area contributed by atoms with E-state index in [0.717, 1.165) is 64.2 Å². The van der Waals surface area contributed by atoms with Crippen LogP contribution in [0.15, 0.2) is 35.6 Å². The first kappa shape index (κ1) is 40.0. The molecule has 16 heteroatoms. The Kier molecular flexibility index (Phi) is 11.1. The predicted molar refractivity (Wildman–Crippen MR) is 210 cm³/mol. The molecule has 2 bridgehead atoms. The van der Waals surface area contributed by atoms with Gasteiger partial charge in [-0.2, -0.15) is 10.2 Å². The van der Waals surface area contributed by atoms with E-state index in [9.17, 15) is 37.7 Å². The Balaban J connectivity index is 1.15. The third kappa shape index (κ3) is 7.98. The first-order valence-electron chi connectivity index (χ1n) is 21.0. The van der Waals surface area contributed by atoms with Gasteiger partial charge in [0.25, 0.3) is 17.5 Å². The third-order valence-electron chi connectivity index (χ3n) is 13.4. The van der Waals surface area contributed by atoms with Crippen LogP contribution in [0, 0.1) is 35.0 Å². The quantitative estimate of drug-likeness (QED) is 0.304. The van der Waals surface area contributed by atoms with Gasteiger partial charge in [0.2, 0.25) is 21.8 Å². The van der Waals surface area contributed by atoms with Crippen molar-refractivity contribution in [3.63, 3.8) is 0 Å². The number of nitriles is 1. The van der Waals surface area contributed by atoms with Crippen LogP contribution in [-0.4, -0.2) is 82.1 Å². The number of nitrogens with zero attached hydrogens (tertiary/aromatic N) is 4. The van der Waals surface area contributed by atoms with E-state index in [-0.39, 0.29) is 60.8 Å². The minimum atomic E-state index is -3.92. The van der Waals surface area contributed by atoms with E-state index in [1.165, 1.54) is 21.6 Å². The highest BCUT2D eigenvalue weighted by atomic mass is 32.2. The van der Waals surface area contributed by atoms with Crippen LogP contribution in [0.5, 0.6) is 6.01 Å². The number of sulfonamides is 1. The molecule has 3 amide bonds. The summed E-state index contributed by atoms with van der Waals surface area (Å²) in [7, 11) is -3.92. The molecule has 4 aliphatic carbocycles. The molecule has 310 valence electrons. The van der Waals surface area contributed by atoms with Crippen LogP contribution in [0.3, 0.4) is 0 Å². The number of rotatable bonds is 7. The minimum Gasteiger partial charge on any atom is -0.462 e. The third-order valence-corrected chi connectivity index (χ3v) is 15.2. The van der Waals surface area contributed by atoms with E-state index < -0.39 is 68.5 Å². The summed E-state index contributed by atoms with van der Waals surface area (Å²) < 4.78 is 41.9. The van der Waals surface area contributed by atoms with Crippen molar-refractivity contribution in [3.8, 4) is 12.1 Å². The molecule has 0 spiro atoms. The molecule has 3 heterocycles. The van der Waals surface area contributed by atoms with Gasteiger partial charge >= 0.3 is 5.97 Å². The number of fused-ring (bicyclic) bond motifs is 5. The number of nitrogens with one attached hydrogen (secondary N) is 2. The van der Waals surface area contributed by atoms with E-state index in [0.29, 0.717) is 36.8 Å². The Morgan fingerprint density at radius 3 is 2.43 bits per heavy atom. The highest BCUT2D eigenvalue weighted by molar-refractivity contribution is 7.91. The fourth-order valence-corrected chi connectivity index (χ4v) is 11.2. The standard InChI is InChI=1S/C42H52N6O9S/c1-2-28-22-42(28,40(53)46-58(54,55)30-15-16-30)45-37(50)34-20-29-24-48(34)39(52)32(26-9-5-6-10-26)21-36(49)57-35-13-8-12-27(35)11-4-3-7-18-47-38(51)31-17-14-25(23-43)19-33(31)44-41(47)56-29/h2,14,17,19,26-30,32,34-35H,1,3-13,15-16,18,20-22,24H2,(H,45,50)(H,46,53)/t27-,28-,29-,32+,34+,35-,42-/m1/s1. The summed E-state index contributed by atoms with van der Waals surface area (Å²) in [6.07, 6.45) is 10.5. The largest absolute Gasteiger partial charge is 0.462 e. The lowest BCUT2D eigenvalue weighted by atomic mass is 9.86. The lowest BCUT2D eigenvalue weighted by Gasteiger charge is -2.32. The van der Waals surface area contributed by atoms with Crippen LogP contribution in [0.2, 0.25) is 0 Å². The van der Waals surface area contributed by atoms with Gasteiger partial charge in [0.05, 0.1) is 46.7 Å². The molecule has 8 rings (SSSR count). The molecule has 6 aliphatic rings. The van der Waals surface area contributed by atoms with E-state index in [2.05, 4.69) is 22.7 Å². The average Bonchev–Trinajstić information content (AvgIpc) is 3.99. The highest BCUT2D eigenvalue weighted by Gasteiger charge is 2.62. The Hall–Kier alpha value is -4.78. The molecule has 58 heavy (non-hydrogen) atoms. The molecular weight excluding hydrogens is 765 g/mol. The summed E-state index contributed by atoms with van der Waals surface area (Å²) in [5, 5.41) is 12.1. The second-order valence-electron chi connectivity index (χ2n) is 17.3. The van der Waals surface area contributed by atoms with Gasteiger partial charge in [0.15, 0.2) is 0 Å². The molecular formula is C42H52N6O9S. The second kappa shape index (κ2) is 16.1. The summed E-state index contributed by atoms with van der Waals surface area (Å²) in [5.74, 6) is -3.53. The van der Waals surface area contributed by atoms with Gasteiger partial charge in [-0.1, -0.05) is 31.8 Å². The van der Waals surface area contributed by atoms with Gasteiger partial charge < -0.3 is 19.7 Å². The van der Waals surface area contributed by atoms with Crippen molar-refractivity contribution in [2.24, 2.45) is 23.7 Å². The van der Waals surface area contributed by atoms with Gasteiger partial charge in [-0.3, -0.25) is 33.3 Å². The van der Waals surface area contributed by atoms with Crippen molar-refractivity contribution in [2.45, 2.75) is 138 Å². The fraction of sp³-hybridized carbons (Fsp3) is 0.643. The van der Waals surface area contributed by atoms with E-state index >= 15 is 0 Å². The van der Waals surface area contributed by atoms with Crippen molar-refractivity contribution >= 4 is 44.6 Å². The Morgan fingerprint density at radius 1 is 0.966 bits per heavy atom. The maximum absolute atomic E-state index is 14.9. The number of carbonyl (C=O) groups is 4. The van der Waals surface area contributed by atoms with Gasteiger partial charge in [0.1, 0.15) is 23.8 Å². The van der Waals surface area contributed by atoms with Crippen molar-refractivity contribution in [1.82, 2.24) is 24.5 Å². The van der Waals surface area contributed by atoms with Crippen LogP contribution in [0.4, 0.5) is 0 Å². The molecule has 0 radical (unpaired) electrons. The number of amides is 3. The Labute approximate surface area is 337 Å². The number of benzene rings is 1. The molecule has 5 fully saturated rings. The normalized spacial score (nSPS) is 30.8. The average molecular weight is 817 g/mol. The molecule has 1 aromatic heterocycles. The molecule has 2 N–H and O–H groups in total. The lowest BCUT2D eigenvalue weighted by molar-refractivity contribution is -0.156. The van der Waals surface area contributed by atoms with Crippen LogP contribution in [0.1, 0.15) is 108 Å². The summed E-state index contributed by atoms with van der Waals surface area (Å²) in [6, 6.07) is 5.60. The maximum atomic E-state index is 14.9. The van der Waals surface area contributed by atoms with Gasteiger partial charge in [0, 0.05) is 18.9 Å². The van der Waals surface area contributed by atoms with Crippen molar-refractivity contribution < 1.29 is 37.1 Å². The predicted octanol–water partition coefficient (Wildman–Crippen LogP) is 3.77. The zero-order chi connectivity index (χ0) is 40.8. The van der Waals surface area contributed by atoms with Crippen LogP contribution in [-0.2, 0) is 40.5 Å². The first-order chi connectivity index (χ1) is 27.9. The van der Waals surface area contributed by atoms with Crippen molar-refractivity contribution in [3.05, 3.63) is 46.8 Å². The number of carbonyl (C=O) groups excluding carboxylic acids is 4. The monoisotopic (exact) mass is 816 g/mol. The van der Waals surface area contributed by atoms with Crippen LogP contribution < -0.4 is 20.3 Å². The highest BCUT2D eigenvalue weighted by Crippen LogP contribution is 2.46. The van der Waals surface area contributed by atoms with Crippen molar-refractivity contribution in [2.75, 3.05) is 6.54 Å². The zero-order valence-electron chi connectivity index (χ0n) is 32.7. The topological polar surface area (TPSA) is 207 Å². The Bertz CT molecular complexity index is 2210. The molecule has 7 atom stereocenters. The maximum Gasteiger partial charge on any atom is 0.306 e. The number of hydrogen-bond acceptors (Lipinski definition) is 11. The second-order valence-corrected chi connectivity index (χ2v) is 19.2. The number of aromatic nitrogens is 2. The number of ether oxygens (including phenoxy) is 2. The first-order valence-corrected chi connectivity index (χ1v) is 22.6. The molecule has 4 saturated carbocycles. The van der Waals surface area contributed by atoms with Gasteiger partial charge in [-0.05, 0) is 94.2 Å². The zero-order valence-corrected chi connectivity index (χ0v) is 33.6. The Morgan fingerprint density at radius 2 is 1.71 bits per heavy atom. The summed E-state index contributed by atoms with van der Waals surface area (Å²) in [6.45, 7) is 4.02. The van der Waals surface area contributed by atoms with Crippen LogP contribution in [0.25, 0.3) is 10.9 Å². The number of esters is 1. The van der Waals surface area contributed by atoms with E-state index in [1.54, 1.807) is 12.1 Å². The molecule has 15 nitrogen and oxygen atoms in total. The molecule has 1 saturated heterocycles. The fourth-order valence-electron chi connectivity index (χ4n) is 9.87. The van der Waals surface area contributed by atoms with Gasteiger partial charge in [-0.25, -0.2) is 8.42 Å². The SMILES string of the molecule is C=C[C@@H]1C[C@]1(NC(=O)[C@@H]1C[C@@H]2CN1C(=O)[C@H](C1CCCC1)CC(=O)O[C@@H]1CCC[C@H]1CCCCCn1c(nc3cc(C#N)ccc3c1=O)O2)C(=O)NS(=O)(=O)C1CC1. The van der Waals surface area contributed by atoms with E-state index in [1.807, 2.05) is 0 Å². The summed E-state index contributed by atoms with van der Waals surface area (Å²) >= 11 is 0. The molecule has 1 aromatic carbocycles. The lowest BCUT2D eigenvalue weighted by Crippen LogP contribution is -2.57. The molecule has 2 aromatic rings. The van der Waals surface area contributed by atoms with Crippen LogP contribution >= 0.6 is 0 Å². The van der Waals surface area contributed by atoms with Gasteiger partial charge in [-0.15, -0.1) is 6.58 Å². The summed E-state index contributed by atoms with van der Waals surface area (Å²) in [4.78, 5) is 77.0. The smallest absolute Gasteiger partial charge is 0.306 e. The van der Waals surface area contributed by atoms with E-state index in [4.69, 9.17) is 14.5 Å².